The first-order valence-electron chi connectivity index (χ1n) is 5.62. The van der Waals surface area contributed by atoms with E-state index in [1.807, 2.05) is 0 Å². The molecule has 0 amide bonds. The Kier molecular flexibility index (Phi) is 3.90. The van der Waals surface area contributed by atoms with Crippen LogP contribution in [-0.2, 0) is 4.74 Å². The molecule has 1 heterocycles. The molecule has 7 nitrogen and oxygen atoms in total. The number of hydrogen-bond acceptors (Lipinski definition) is 6. The summed E-state index contributed by atoms with van der Waals surface area (Å²) in [6, 6.07) is 7.79. The molecule has 1 aromatic heterocycles. The van der Waals surface area contributed by atoms with E-state index in [1.165, 1.54) is 25.4 Å². The van der Waals surface area contributed by atoms with Crippen LogP contribution < -0.4 is 5.32 Å². The maximum Gasteiger partial charge on any atom is 0.376 e. The molecule has 0 bridgehead atoms. The summed E-state index contributed by atoms with van der Waals surface area (Å²) in [5, 5.41) is 11.8. The van der Waals surface area contributed by atoms with Crippen molar-refractivity contribution in [1.82, 2.24) is 9.97 Å². The summed E-state index contributed by atoms with van der Waals surface area (Å²) in [5.41, 5.74) is 0.691. The second kappa shape index (κ2) is 5.79. The Bertz CT molecular complexity index is 658. The quantitative estimate of drug-likeness (QED) is 0.817. The number of carboxylic acids is 1. The van der Waals surface area contributed by atoms with Crippen LogP contribution in [0.25, 0.3) is 0 Å². The largest absolute Gasteiger partial charge is 0.478 e. The van der Waals surface area contributed by atoms with Crippen LogP contribution in [0.5, 0.6) is 0 Å². The van der Waals surface area contributed by atoms with Crippen LogP contribution in [-0.4, -0.2) is 34.1 Å². The minimum Gasteiger partial charge on any atom is -0.478 e. The van der Waals surface area contributed by atoms with E-state index in [-0.39, 0.29) is 11.4 Å². The summed E-state index contributed by atoms with van der Waals surface area (Å²) in [7, 11) is 1.24. The molecule has 0 radical (unpaired) electrons. The third kappa shape index (κ3) is 3.08. The average molecular weight is 273 g/mol. The molecule has 0 saturated heterocycles. The standard InChI is InChI=1S/C13H11N3O4/c1-20-13(19)11-14-6-5-10(16-11)15-9-4-2-3-8(7-9)12(17)18/h2-7H,1H3,(H,17,18)(H,14,15,16). The number of carbonyl (C=O) groups excluding carboxylic acids is 1. The lowest BCUT2D eigenvalue weighted by Gasteiger charge is -2.07. The number of anilines is 2. The van der Waals surface area contributed by atoms with Crippen molar-refractivity contribution >= 4 is 23.4 Å². The Morgan fingerprint density at radius 2 is 2.10 bits per heavy atom. The molecule has 7 heteroatoms. The van der Waals surface area contributed by atoms with E-state index in [0.29, 0.717) is 11.5 Å². The lowest BCUT2D eigenvalue weighted by atomic mass is 10.2. The van der Waals surface area contributed by atoms with E-state index in [9.17, 15) is 9.59 Å². The zero-order valence-corrected chi connectivity index (χ0v) is 10.5. The SMILES string of the molecule is COC(=O)c1nccc(Nc2cccc(C(=O)O)c2)n1. The smallest absolute Gasteiger partial charge is 0.376 e. The number of benzene rings is 1. The van der Waals surface area contributed by atoms with Crippen LogP contribution in [0.2, 0.25) is 0 Å². The highest BCUT2D eigenvalue weighted by atomic mass is 16.5. The molecule has 0 saturated carbocycles. The molecule has 0 aliphatic heterocycles. The van der Waals surface area contributed by atoms with E-state index in [0.717, 1.165) is 0 Å². The number of hydrogen-bond donors (Lipinski definition) is 2. The van der Waals surface area contributed by atoms with Crippen LogP contribution in [0.15, 0.2) is 36.5 Å². The Labute approximate surface area is 114 Å². The Morgan fingerprint density at radius 1 is 1.30 bits per heavy atom. The number of carbonyl (C=O) groups is 2. The number of rotatable bonds is 4. The molecule has 0 aliphatic carbocycles. The Hall–Kier alpha value is -2.96. The van der Waals surface area contributed by atoms with Gasteiger partial charge in [0.05, 0.1) is 12.7 Å². The molecular weight excluding hydrogens is 262 g/mol. The van der Waals surface area contributed by atoms with E-state index in [2.05, 4.69) is 20.0 Å². The fraction of sp³-hybridized carbons (Fsp3) is 0.0769. The van der Waals surface area contributed by atoms with Gasteiger partial charge in [0.15, 0.2) is 0 Å². The predicted molar refractivity (Wildman–Crippen MR) is 70.1 cm³/mol. The van der Waals surface area contributed by atoms with Gasteiger partial charge in [0, 0.05) is 11.9 Å². The van der Waals surface area contributed by atoms with E-state index < -0.39 is 11.9 Å². The fourth-order valence-corrected chi connectivity index (χ4v) is 1.50. The van der Waals surface area contributed by atoms with Crippen molar-refractivity contribution in [2.75, 3.05) is 12.4 Å². The first-order valence-corrected chi connectivity index (χ1v) is 5.62. The number of ether oxygens (including phenoxy) is 1. The van der Waals surface area contributed by atoms with Gasteiger partial charge in [-0.1, -0.05) is 6.07 Å². The minimum atomic E-state index is -1.02. The van der Waals surface area contributed by atoms with Gasteiger partial charge < -0.3 is 15.2 Å². The number of nitrogens with one attached hydrogen (secondary N) is 1. The summed E-state index contributed by atoms with van der Waals surface area (Å²) < 4.78 is 4.52. The van der Waals surface area contributed by atoms with Gasteiger partial charge in [-0.15, -0.1) is 0 Å². The van der Waals surface area contributed by atoms with Gasteiger partial charge in [-0.05, 0) is 24.3 Å². The molecule has 0 atom stereocenters. The van der Waals surface area contributed by atoms with Crippen molar-refractivity contribution < 1.29 is 19.4 Å². The van der Waals surface area contributed by atoms with Gasteiger partial charge in [-0.3, -0.25) is 0 Å². The first-order chi connectivity index (χ1) is 9.60. The number of methoxy groups -OCH3 is 1. The Morgan fingerprint density at radius 3 is 2.80 bits per heavy atom. The highest BCUT2D eigenvalue weighted by Crippen LogP contribution is 2.16. The van der Waals surface area contributed by atoms with Gasteiger partial charge in [0.1, 0.15) is 5.82 Å². The van der Waals surface area contributed by atoms with Crippen molar-refractivity contribution in [3.63, 3.8) is 0 Å². The van der Waals surface area contributed by atoms with Gasteiger partial charge in [-0.25, -0.2) is 19.6 Å². The highest BCUT2D eigenvalue weighted by Gasteiger charge is 2.10. The van der Waals surface area contributed by atoms with Crippen LogP contribution in [0.1, 0.15) is 21.0 Å². The average Bonchev–Trinajstić information content (AvgIpc) is 2.47. The lowest BCUT2D eigenvalue weighted by molar-refractivity contribution is 0.0586. The van der Waals surface area contributed by atoms with E-state index >= 15 is 0 Å². The summed E-state index contributed by atoms with van der Waals surface area (Å²) in [6.07, 6.45) is 1.41. The summed E-state index contributed by atoms with van der Waals surface area (Å²) in [6.45, 7) is 0. The third-order valence-electron chi connectivity index (χ3n) is 2.41. The lowest BCUT2D eigenvalue weighted by Crippen LogP contribution is -2.08. The van der Waals surface area contributed by atoms with Gasteiger partial charge in [-0.2, -0.15) is 0 Å². The molecule has 20 heavy (non-hydrogen) atoms. The van der Waals surface area contributed by atoms with Crippen molar-refractivity contribution in [2.24, 2.45) is 0 Å². The molecular formula is C13H11N3O4. The second-order valence-corrected chi connectivity index (χ2v) is 3.77. The summed E-state index contributed by atoms with van der Waals surface area (Å²) >= 11 is 0. The highest BCUT2D eigenvalue weighted by molar-refractivity contribution is 5.89. The molecule has 1 aromatic carbocycles. The van der Waals surface area contributed by atoms with Crippen molar-refractivity contribution in [1.29, 1.82) is 0 Å². The van der Waals surface area contributed by atoms with Crippen LogP contribution in [0, 0.1) is 0 Å². The second-order valence-electron chi connectivity index (χ2n) is 3.77. The van der Waals surface area contributed by atoms with Gasteiger partial charge >= 0.3 is 11.9 Å². The first kappa shape index (κ1) is 13.5. The van der Waals surface area contributed by atoms with Crippen LogP contribution in [0.3, 0.4) is 0 Å². The zero-order valence-electron chi connectivity index (χ0n) is 10.5. The molecule has 2 rings (SSSR count). The summed E-state index contributed by atoms with van der Waals surface area (Å²) in [5.74, 6) is -1.38. The maximum atomic E-state index is 11.3. The minimum absolute atomic E-state index is 0.0770. The number of nitrogens with zero attached hydrogens (tertiary/aromatic N) is 2. The number of esters is 1. The van der Waals surface area contributed by atoms with E-state index in [1.54, 1.807) is 18.2 Å². The third-order valence-corrected chi connectivity index (χ3v) is 2.41. The van der Waals surface area contributed by atoms with Crippen LogP contribution in [0.4, 0.5) is 11.5 Å². The van der Waals surface area contributed by atoms with Gasteiger partial charge in [0.2, 0.25) is 5.82 Å². The number of aromatic nitrogens is 2. The molecule has 0 spiro atoms. The summed E-state index contributed by atoms with van der Waals surface area (Å²) in [4.78, 5) is 29.9. The molecule has 0 fully saturated rings. The molecule has 2 N–H and O–H groups in total. The topological polar surface area (TPSA) is 101 Å². The number of carboxylic acid groups (broad SMARTS) is 1. The molecule has 2 aromatic rings. The van der Waals surface area contributed by atoms with E-state index in [4.69, 9.17) is 5.11 Å². The van der Waals surface area contributed by atoms with Crippen molar-refractivity contribution in [3.05, 3.63) is 47.9 Å². The molecule has 0 unspecified atom stereocenters. The normalized spacial score (nSPS) is 9.85. The Balaban J connectivity index is 2.24. The number of aromatic carboxylic acids is 1. The van der Waals surface area contributed by atoms with Crippen molar-refractivity contribution in [2.45, 2.75) is 0 Å². The maximum absolute atomic E-state index is 11.3. The van der Waals surface area contributed by atoms with Gasteiger partial charge in [0.25, 0.3) is 0 Å². The fourth-order valence-electron chi connectivity index (χ4n) is 1.50. The molecule has 0 aliphatic rings. The zero-order chi connectivity index (χ0) is 14.5. The monoisotopic (exact) mass is 273 g/mol. The van der Waals surface area contributed by atoms with Crippen LogP contribution >= 0.6 is 0 Å². The molecule has 102 valence electrons. The van der Waals surface area contributed by atoms with Crippen molar-refractivity contribution in [3.8, 4) is 0 Å². The predicted octanol–water partition coefficient (Wildman–Crippen LogP) is 1.71.